The highest BCUT2D eigenvalue weighted by molar-refractivity contribution is 5.60. The predicted octanol–water partition coefficient (Wildman–Crippen LogP) is 2.46. The fourth-order valence-corrected chi connectivity index (χ4v) is 1.15. The van der Waals surface area contributed by atoms with Gasteiger partial charge in [0.2, 0.25) is 0 Å². The maximum absolute atomic E-state index is 3.11. The Morgan fingerprint density at radius 2 is 2.09 bits per heavy atom. The maximum Gasteiger partial charge on any atom is 0.0317 e. The summed E-state index contributed by atoms with van der Waals surface area (Å²) in [5.74, 6) is 6.18. The monoisotopic (exact) mass is 140 g/mol. The molecule has 0 aliphatic heterocycles. The summed E-state index contributed by atoms with van der Waals surface area (Å²) in [6.07, 6.45) is 5.08. The first kappa shape index (κ1) is 6.24. The molecular formula is C11H8. The van der Waals surface area contributed by atoms with Gasteiger partial charge >= 0.3 is 0 Å². The zero-order valence-corrected chi connectivity index (χ0v) is 6.17. The summed E-state index contributed by atoms with van der Waals surface area (Å²) in [7, 11) is 0. The Labute approximate surface area is 66.6 Å². The largest absolute Gasteiger partial charge is 0.0937 e. The van der Waals surface area contributed by atoms with Crippen LogP contribution in [0.25, 0.3) is 6.08 Å². The highest BCUT2D eigenvalue weighted by Crippen LogP contribution is 2.11. The van der Waals surface area contributed by atoms with Crippen molar-refractivity contribution in [3.8, 4) is 11.8 Å². The van der Waals surface area contributed by atoms with Crippen LogP contribution >= 0.6 is 0 Å². The van der Waals surface area contributed by atoms with E-state index in [-0.39, 0.29) is 0 Å². The molecule has 0 atom stereocenters. The Hall–Kier alpha value is -1.48. The van der Waals surface area contributed by atoms with E-state index in [1.807, 2.05) is 12.1 Å². The Bertz CT molecular complexity index is 348. The number of benzene rings is 1. The Kier molecular flexibility index (Phi) is 1.50. The number of fused-ring (bicyclic) bond motifs is 1. The van der Waals surface area contributed by atoms with Crippen molar-refractivity contribution in [2.24, 2.45) is 0 Å². The molecule has 2 rings (SSSR count). The first-order valence-corrected chi connectivity index (χ1v) is 3.71. The smallest absolute Gasteiger partial charge is 0.0317 e. The first-order valence-electron chi connectivity index (χ1n) is 3.71. The van der Waals surface area contributed by atoms with Gasteiger partial charge in [0.05, 0.1) is 0 Å². The van der Waals surface area contributed by atoms with E-state index in [4.69, 9.17) is 0 Å². The third-order valence-electron chi connectivity index (χ3n) is 1.70. The molecule has 1 aliphatic rings. The van der Waals surface area contributed by atoms with Crippen molar-refractivity contribution in [1.29, 1.82) is 0 Å². The van der Waals surface area contributed by atoms with Crippen molar-refractivity contribution in [2.45, 2.75) is 6.42 Å². The molecule has 0 fully saturated rings. The highest BCUT2D eigenvalue weighted by Gasteiger charge is 1.94. The molecule has 1 aliphatic carbocycles. The minimum atomic E-state index is 0.870. The topological polar surface area (TPSA) is 0 Å². The normalized spacial score (nSPS) is 12.7. The minimum Gasteiger partial charge on any atom is -0.0937 e. The standard InChI is InChI=1S/C11H8/c1-2-6-10-8-4-5-9-11(10)7-3-1/h2,4-6,8-9H,1H2. The van der Waals surface area contributed by atoms with Gasteiger partial charge in [-0.05, 0) is 11.6 Å². The van der Waals surface area contributed by atoms with Crippen LogP contribution in [-0.2, 0) is 0 Å². The Morgan fingerprint density at radius 3 is 3.09 bits per heavy atom. The number of hydrogen-bond acceptors (Lipinski definition) is 0. The molecule has 0 saturated heterocycles. The van der Waals surface area contributed by atoms with Crippen molar-refractivity contribution >= 4 is 6.08 Å². The number of allylic oxidation sites excluding steroid dienone is 1. The van der Waals surface area contributed by atoms with E-state index in [1.54, 1.807) is 0 Å². The predicted molar refractivity (Wildman–Crippen MR) is 47.0 cm³/mol. The lowest BCUT2D eigenvalue weighted by atomic mass is 10.1. The SMILES string of the molecule is C1#Cc2ccccc2C=CC1. The molecule has 0 aromatic heterocycles. The van der Waals surface area contributed by atoms with Crippen LogP contribution in [0.3, 0.4) is 0 Å². The lowest BCUT2D eigenvalue weighted by Crippen LogP contribution is -1.77. The Balaban J connectivity index is 2.62. The summed E-state index contributed by atoms with van der Waals surface area (Å²) < 4.78 is 0. The molecule has 52 valence electrons. The van der Waals surface area contributed by atoms with Gasteiger partial charge in [0.15, 0.2) is 0 Å². The molecule has 0 radical (unpaired) electrons. The van der Waals surface area contributed by atoms with E-state index in [0.29, 0.717) is 0 Å². The van der Waals surface area contributed by atoms with Crippen LogP contribution in [0.2, 0.25) is 0 Å². The molecule has 11 heavy (non-hydrogen) atoms. The average molecular weight is 140 g/mol. The van der Waals surface area contributed by atoms with E-state index in [0.717, 1.165) is 12.0 Å². The second-order valence-corrected chi connectivity index (χ2v) is 2.50. The zero-order chi connectivity index (χ0) is 7.52. The van der Waals surface area contributed by atoms with E-state index in [9.17, 15) is 0 Å². The number of rotatable bonds is 0. The van der Waals surface area contributed by atoms with E-state index in [2.05, 4.69) is 36.1 Å². The third kappa shape index (κ3) is 1.18. The fourth-order valence-electron chi connectivity index (χ4n) is 1.15. The minimum absolute atomic E-state index is 0.870. The van der Waals surface area contributed by atoms with Gasteiger partial charge in [0, 0.05) is 12.0 Å². The summed E-state index contributed by atoms with van der Waals surface area (Å²) in [4.78, 5) is 0. The van der Waals surface area contributed by atoms with Crippen LogP contribution in [0.5, 0.6) is 0 Å². The second kappa shape index (κ2) is 2.64. The molecular weight excluding hydrogens is 132 g/mol. The third-order valence-corrected chi connectivity index (χ3v) is 1.70. The first-order chi connectivity index (χ1) is 5.47. The summed E-state index contributed by atoms with van der Waals surface area (Å²) >= 11 is 0. The molecule has 0 heterocycles. The highest BCUT2D eigenvalue weighted by atomic mass is 14.0. The zero-order valence-electron chi connectivity index (χ0n) is 6.17. The molecule has 0 heteroatoms. The molecule has 0 nitrogen and oxygen atoms in total. The summed E-state index contributed by atoms with van der Waals surface area (Å²) in [5.41, 5.74) is 2.37. The van der Waals surface area contributed by atoms with Crippen LogP contribution in [0.4, 0.5) is 0 Å². The van der Waals surface area contributed by atoms with Crippen molar-refractivity contribution in [2.75, 3.05) is 0 Å². The van der Waals surface area contributed by atoms with Crippen LogP contribution < -0.4 is 0 Å². The quantitative estimate of drug-likeness (QED) is 0.485. The molecule has 0 bridgehead atoms. The van der Waals surface area contributed by atoms with Crippen molar-refractivity contribution < 1.29 is 0 Å². The molecule has 0 saturated carbocycles. The molecule has 0 spiro atoms. The van der Waals surface area contributed by atoms with Crippen molar-refractivity contribution in [3.05, 3.63) is 41.5 Å². The van der Waals surface area contributed by atoms with E-state index < -0.39 is 0 Å². The van der Waals surface area contributed by atoms with Crippen molar-refractivity contribution in [3.63, 3.8) is 0 Å². The Morgan fingerprint density at radius 1 is 1.18 bits per heavy atom. The van der Waals surface area contributed by atoms with E-state index in [1.165, 1.54) is 5.56 Å². The van der Waals surface area contributed by atoms with Gasteiger partial charge in [-0.25, -0.2) is 0 Å². The van der Waals surface area contributed by atoms with Gasteiger partial charge in [-0.3, -0.25) is 0 Å². The van der Waals surface area contributed by atoms with Gasteiger partial charge in [-0.1, -0.05) is 42.2 Å². The second-order valence-electron chi connectivity index (χ2n) is 2.50. The van der Waals surface area contributed by atoms with Gasteiger partial charge in [0.25, 0.3) is 0 Å². The van der Waals surface area contributed by atoms with Crippen LogP contribution in [0.1, 0.15) is 17.5 Å². The van der Waals surface area contributed by atoms with Crippen LogP contribution in [0.15, 0.2) is 30.3 Å². The van der Waals surface area contributed by atoms with Crippen molar-refractivity contribution in [1.82, 2.24) is 0 Å². The van der Waals surface area contributed by atoms with Gasteiger partial charge < -0.3 is 0 Å². The molecule has 1 aromatic rings. The van der Waals surface area contributed by atoms with E-state index >= 15 is 0 Å². The summed E-state index contributed by atoms with van der Waals surface area (Å²) in [6.45, 7) is 0. The molecule has 0 unspecified atom stereocenters. The van der Waals surface area contributed by atoms with Crippen LogP contribution in [0, 0.1) is 11.8 Å². The fraction of sp³-hybridized carbons (Fsp3) is 0.0909. The molecule has 0 N–H and O–H groups in total. The van der Waals surface area contributed by atoms with Gasteiger partial charge in [0.1, 0.15) is 0 Å². The maximum atomic E-state index is 3.11. The summed E-state index contributed by atoms with van der Waals surface area (Å²) in [5, 5.41) is 0. The van der Waals surface area contributed by atoms with Crippen LogP contribution in [-0.4, -0.2) is 0 Å². The lowest BCUT2D eigenvalue weighted by Gasteiger charge is -1.94. The number of hydrogen-bond donors (Lipinski definition) is 0. The average Bonchev–Trinajstić information content (AvgIpc) is 2.28. The summed E-state index contributed by atoms with van der Waals surface area (Å²) in [6, 6.07) is 8.20. The molecule has 1 aromatic carbocycles. The molecule has 0 amide bonds. The van der Waals surface area contributed by atoms with Gasteiger partial charge in [-0.2, -0.15) is 0 Å². The van der Waals surface area contributed by atoms with Gasteiger partial charge in [-0.15, -0.1) is 0 Å². The lowest BCUT2D eigenvalue weighted by molar-refractivity contribution is 1.50.